The van der Waals surface area contributed by atoms with Gasteiger partial charge in [-0.15, -0.1) is 11.3 Å². The van der Waals surface area contributed by atoms with Gasteiger partial charge in [0.05, 0.1) is 10.7 Å². The number of halogens is 3. The molecule has 0 N–H and O–H groups in total. The van der Waals surface area contributed by atoms with Gasteiger partial charge in [0.2, 0.25) is 0 Å². The zero-order chi connectivity index (χ0) is 27.3. The molecule has 1 unspecified atom stereocenters. The van der Waals surface area contributed by atoms with Gasteiger partial charge in [-0.3, -0.25) is 24.1 Å². The van der Waals surface area contributed by atoms with Crippen LogP contribution >= 0.6 is 34.5 Å². The molecule has 6 nitrogen and oxygen atoms in total. The molecular formula is C27H27Cl2FN4O2S. The third-order valence-electron chi connectivity index (χ3n) is 5.59. The highest BCUT2D eigenvalue weighted by Crippen LogP contribution is 2.27. The van der Waals surface area contributed by atoms with Crippen molar-refractivity contribution in [3.63, 3.8) is 0 Å². The number of hydrogen-bond donors (Lipinski definition) is 0. The van der Waals surface area contributed by atoms with Gasteiger partial charge in [0, 0.05) is 55.5 Å². The third-order valence-corrected chi connectivity index (χ3v) is 7.12. The van der Waals surface area contributed by atoms with Crippen molar-refractivity contribution in [3.05, 3.63) is 102 Å². The number of carbonyl (C=O) groups is 1. The van der Waals surface area contributed by atoms with Crippen LogP contribution in [0.4, 0.5) is 4.39 Å². The molecule has 0 spiro atoms. The van der Waals surface area contributed by atoms with Crippen molar-refractivity contribution in [2.45, 2.75) is 33.1 Å². The van der Waals surface area contributed by atoms with Crippen LogP contribution in [0.25, 0.3) is 6.20 Å². The number of hydrogen-bond acceptors (Lipinski definition) is 5. The topological polar surface area (TPSA) is 67.6 Å². The summed E-state index contributed by atoms with van der Waals surface area (Å²) in [6.45, 7) is 5.56. The Morgan fingerprint density at radius 3 is 2.68 bits per heavy atom. The van der Waals surface area contributed by atoms with E-state index in [1.165, 1.54) is 33.3 Å². The van der Waals surface area contributed by atoms with E-state index in [-0.39, 0.29) is 27.1 Å². The van der Waals surface area contributed by atoms with E-state index in [1.807, 2.05) is 19.1 Å². The fourth-order valence-corrected chi connectivity index (χ4v) is 5.17. The van der Waals surface area contributed by atoms with Gasteiger partial charge < -0.3 is 4.90 Å². The number of aliphatic imine (C=N–C) groups is 1. The Labute approximate surface area is 229 Å². The molecule has 37 heavy (non-hydrogen) atoms. The number of aromatic nitrogens is 2. The van der Waals surface area contributed by atoms with Gasteiger partial charge in [-0.2, -0.15) is 0 Å². The quantitative estimate of drug-likeness (QED) is 0.291. The second kappa shape index (κ2) is 12.4. The first-order valence-corrected chi connectivity index (χ1v) is 13.1. The summed E-state index contributed by atoms with van der Waals surface area (Å²) in [5.74, 6) is -1.14. The second-order valence-electron chi connectivity index (χ2n) is 8.65. The number of thiophene rings is 1. The van der Waals surface area contributed by atoms with Crippen LogP contribution in [0.1, 0.15) is 51.8 Å². The predicted molar refractivity (Wildman–Crippen MR) is 151 cm³/mol. The molecule has 0 saturated heterocycles. The van der Waals surface area contributed by atoms with Crippen LogP contribution in [-0.4, -0.2) is 40.2 Å². The van der Waals surface area contributed by atoms with Crippen LogP contribution in [0.3, 0.4) is 0 Å². The molecule has 3 aromatic rings. The number of amides is 1. The average Bonchev–Trinajstić information content (AvgIpc) is 3.23. The standard InChI is InChI=1S/C27H27Cl2FN4O2S/c1-6-8-32-22(21-15-37-25(24(21)30)27(36)33(4)5)7-9-34-17(3)11-20(23(29)26(34)35)16(2)10-18-12-19(28)14-31-13-18/h6-9,11-16H,10H2,1-5H3/b8-6+,9-7+,32-22-. The maximum absolute atomic E-state index is 15.1. The lowest BCUT2D eigenvalue weighted by molar-refractivity contribution is 0.0828. The second-order valence-corrected chi connectivity index (χ2v) is 10.3. The molecule has 0 fully saturated rings. The first-order chi connectivity index (χ1) is 17.5. The molecule has 10 heteroatoms. The number of rotatable bonds is 8. The normalized spacial score (nSPS) is 13.0. The van der Waals surface area contributed by atoms with Crippen LogP contribution < -0.4 is 5.56 Å². The lowest BCUT2D eigenvalue weighted by Crippen LogP contribution is -2.22. The van der Waals surface area contributed by atoms with E-state index in [4.69, 9.17) is 23.2 Å². The molecule has 0 aliphatic heterocycles. The smallest absolute Gasteiger partial charge is 0.273 e. The minimum absolute atomic E-state index is 0.00814. The molecule has 1 amide bonds. The van der Waals surface area contributed by atoms with Gasteiger partial charge in [-0.25, -0.2) is 4.39 Å². The maximum atomic E-state index is 15.1. The molecule has 0 radical (unpaired) electrons. The van der Waals surface area contributed by atoms with Crippen LogP contribution in [0.2, 0.25) is 10.0 Å². The molecule has 3 aromatic heterocycles. The van der Waals surface area contributed by atoms with Gasteiger partial charge in [-0.1, -0.05) is 36.2 Å². The fraction of sp³-hybridized carbons (Fsp3) is 0.259. The van der Waals surface area contributed by atoms with E-state index in [1.54, 1.807) is 46.4 Å². The largest absolute Gasteiger partial charge is 0.344 e. The van der Waals surface area contributed by atoms with Crippen molar-refractivity contribution < 1.29 is 9.18 Å². The highest BCUT2D eigenvalue weighted by Gasteiger charge is 2.22. The minimum Gasteiger partial charge on any atom is -0.344 e. The Kier molecular flexibility index (Phi) is 9.59. The van der Waals surface area contributed by atoms with E-state index in [2.05, 4.69) is 9.98 Å². The summed E-state index contributed by atoms with van der Waals surface area (Å²) in [5.41, 5.74) is 2.33. The SMILES string of the molecule is C/C=C/N=C(/C=C/n1c(C)cc(C(C)Cc2cncc(Cl)c2)c(Cl)c1=O)c1csc(C(=O)N(C)C)c1F. The molecule has 0 saturated carbocycles. The predicted octanol–water partition coefficient (Wildman–Crippen LogP) is 6.60. The molecule has 0 aliphatic rings. The number of allylic oxidation sites excluding steroid dienone is 2. The number of pyridine rings is 2. The number of carbonyl (C=O) groups excluding carboxylic acids is 1. The molecule has 194 valence electrons. The molecule has 0 aromatic carbocycles. The van der Waals surface area contributed by atoms with Crippen LogP contribution in [0, 0.1) is 12.7 Å². The van der Waals surface area contributed by atoms with E-state index < -0.39 is 17.3 Å². The van der Waals surface area contributed by atoms with E-state index >= 15 is 4.39 Å². The van der Waals surface area contributed by atoms with Crippen molar-refractivity contribution in [2.24, 2.45) is 4.99 Å². The van der Waals surface area contributed by atoms with Gasteiger partial charge in [0.15, 0.2) is 5.82 Å². The summed E-state index contributed by atoms with van der Waals surface area (Å²) < 4.78 is 16.5. The van der Waals surface area contributed by atoms with E-state index in [0.29, 0.717) is 22.7 Å². The van der Waals surface area contributed by atoms with Gasteiger partial charge in [0.25, 0.3) is 11.5 Å². The molecule has 3 heterocycles. The summed E-state index contributed by atoms with van der Waals surface area (Å²) in [6.07, 6.45) is 10.2. The highest BCUT2D eigenvalue weighted by atomic mass is 35.5. The van der Waals surface area contributed by atoms with Crippen LogP contribution in [0.5, 0.6) is 0 Å². The zero-order valence-electron chi connectivity index (χ0n) is 21.1. The number of aryl methyl sites for hydroxylation is 1. The van der Waals surface area contributed by atoms with Gasteiger partial charge in [-0.05, 0) is 55.5 Å². The number of nitrogens with zero attached hydrogens (tertiary/aromatic N) is 4. The summed E-state index contributed by atoms with van der Waals surface area (Å²) in [5, 5.41) is 2.19. The average molecular weight is 562 g/mol. The van der Waals surface area contributed by atoms with Crippen molar-refractivity contribution in [3.8, 4) is 0 Å². The van der Waals surface area contributed by atoms with Crippen LogP contribution in [0.15, 0.2) is 58.0 Å². The Morgan fingerprint density at radius 1 is 1.30 bits per heavy atom. The molecule has 0 aliphatic carbocycles. The molecule has 3 rings (SSSR count). The van der Waals surface area contributed by atoms with E-state index in [0.717, 1.165) is 16.9 Å². The molecule has 1 atom stereocenters. The van der Waals surface area contributed by atoms with Crippen molar-refractivity contribution >= 4 is 52.4 Å². The lowest BCUT2D eigenvalue weighted by atomic mass is 9.94. The Morgan fingerprint density at radius 2 is 2.03 bits per heavy atom. The third kappa shape index (κ3) is 6.63. The Balaban J connectivity index is 1.97. The van der Waals surface area contributed by atoms with Crippen molar-refractivity contribution in [2.75, 3.05) is 14.1 Å². The Hall–Kier alpha value is -3.07. The first-order valence-electron chi connectivity index (χ1n) is 11.4. The van der Waals surface area contributed by atoms with Gasteiger partial charge in [0.1, 0.15) is 9.90 Å². The van der Waals surface area contributed by atoms with Gasteiger partial charge >= 0.3 is 0 Å². The van der Waals surface area contributed by atoms with Crippen molar-refractivity contribution in [1.29, 1.82) is 0 Å². The fourth-order valence-electron chi connectivity index (χ4n) is 3.69. The highest BCUT2D eigenvalue weighted by molar-refractivity contribution is 7.12. The summed E-state index contributed by atoms with van der Waals surface area (Å²) in [4.78, 5) is 35.2. The summed E-state index contributed by atoms with van der Waals surface area (Å²) in [6, 6.07) is 3.70. The lowest BCUT2D eigenvalue weighted by Gasteiger charge is -2.16. The molecule has 0 bridgehead atoms. The van der Waals surface area contributed by atoms with Crippen LogP contribution in [-0.2, 0) is 6.42 Å². The molecular weight excluding hydrogens is 534 g/mol. The minimum atomic E-state index is -0.654. The Bertz CT molecular complexity index is 1460. The van der Waals surface area contributed by atoms with E-state index in [9.17, 15) is 9.59 Å². The van der Waals surface area contributed by atoms with Crippen molar-refractivity contribution in [1.82, 2.24) is 14.5 Å². The monoisotopic (exact) mass is 560 g/mol. The first kappa shape index (κ1) is 28.5. The maximum Gasteiger partial charge on any atom is 0.273 e. The zero-order valence-corrected chi connectivity index (χ0v) is 23.5. The summed E-state index contributed by atoms with van der Waals surface area (Å²) in [7, 11) is 3.12. The summed E-state index contributed by atoms with van der Waals surface area (Å²) >= 11 is 13.6.